The molecule has 0 amide bonds. The van der Waals surface area contributed by atoms with Crippen molar-refractivity contribution in [3.8, 4) is 67.5 Å². The van der Waals surface area contributed by atoms with Gasteiger partial charge in [-0.05, 0) is 134 Å². The Kier molecular flexibility index (Phi) is 9.14. The Labute approximate surface area is 456 Å². The molecule has 2 aliphatic carbocycles. The number of anilines is 3. The van der Waals surface area contributed by atoms with Crippen molar-refractivity contribution in [1.29, 1.82) is 0 Å². The van der Waals surface area contributed by atoms with Gasteiger partial charge < -0.3 is 14.4 Å². The maximum atomic E-state index is 6.76. The molecule has 0 saturated carbocycles. The molecule has 3 nitrogen and oxygen atoms in total. The van der Waals surface area contributed by atoms with E-state index < -0.39 is 10.8 Å². The quantitative estimate of drug-likeness (QED) is 0.171. The highest BCUT2D eigenvalue weighted by Gasteiger charge is 2.53. The molecule has 0 radical (unpaired) electrons. The standard InChI is InChI=1S/C74H45NO2S/c1-4-24-56-53(21-1)71-51(23-16-30-62(71)73(56)58-26-6-10-33-65(58)76-66-34-11-7-27-59(66)73)48-18-15-19-50(44-48)75(49-41-38-46(39-42-49)47-40-43-70-55(45-47)52-20-3-14-37-69(52)78-70)64-32-17-31-63-72(64)54-22-2-5-25-57(54)74(63)60-28-8-12-35-67(60)77-68-36-13-9-29-61(68)74/h1-45H. The van der Waals surface area contributed by atoms with E-state index in [1.54, 1.807) is 0 Å². The molecule has 0 unspecified atom stereocenters. The van der Waals surface area contributed by atoms with Crippen molar-refractivity contribution in [3.63, 3.8) is 0 Å². The summed E-state index contributed by atoms with van der Waals surface area (Å²) in [5.41, 5.74) is 21.2. The fraction of sp³-hybridized carbons (Fsp3) is 0.0270. The van der Waals surface area contributed by atoms with Gasteiger partial charge in [-0.3, -0.25) is 0 Å². The fourth-order valence-corrected chi connectivity index (χ4v) is 15.2. The molecule has 2 aliphatic heterocycles. The number of rotatable bonds is 5. The molecule has 0 atom stereocenters. The predicted octanol–water partition coefficient (Wildman–Crippen LogP) is 19.8. The van der Waals surface area contributed by atoms with Gasteiger partial charge in [0.05, 0.1) is 16.5 Å². The van der Waals surface area contributed by atoms with Crippen LogP contribution in [-0.4, -0.2) is 0 Å². The zero-order chi connectivity index (χ0) is 51.1. The van der Waals surface area contributed by atoms with E-state index in [1.165, 1.54) is 81.4 Å². The van der Waals surface area contributed by atoms with Crippen LogP contribution in [0.5, 0.6) is 23.0 Å². The molecule has 3 heterocycles. The summed E-state index contributed by atoms with van der Waals surface area (Å²) in [6.07, 6.45) is 0. The Morgan fingerprint density at radius 1 is 0.282 bits per heavy atom. The largest absolute Gasteiger partial charge is 0.457 e. The van der Waals surface area contributed by atoms with E-state index in [9.17, 15) is 0 Å². The Morgan fingerprint density at radius 3 is 1.37 bits per heavy atom. The maximum absolute atomic E-state index is 6.76. The lowest BCUT2D eigenvalue weighted by atomic mass is 9.66. The first-order valence-electron chi connectivity index (χ1n) is 26.8. The molecule has 1 aromatic heterocycles. The molecule has 78 heavy (non-hydrogen) atoms. The minimum atomic E-state index is -0.620. The average Bonchev–Trinajstić information content (AvgIpc) is 4.30. The molecule has 4 aliphatic rings. The summed E-state index contributed by atoms with van der Waals surface area (Å²) in [7, 11) is 0. The van der Waals surface area contributed by atoms with E-state index >= 15 is 0 Å². The lowest BCUT2D eigenvalue weighted by molar-refractivity contribution is 0.436. The first-order valence-corrected chi connectivity index (χ1v) is 27.6. The maximum Gasteiger partial charge on any atom is 0.132 e. The summed E-state index contributed by atoms with van der Waals surface area (Å²) in [6.45, 7) is 0. The number of hydrogen-bond acceptors (Lipinski definition) is 4. The summed E-state index contributed by atoms with van der Waals surface area (Å²) in [5.74, 6) is 3.54. The molecular formula is C74H45NO2S. The van der Waals surface area contributed by atoms with E-state index in [4.69, 9.17) is 9.47 Å². The molecule has 0 bridgehead atoms. The van der Waals surface area contributed by atoms with Gasteiger partial charge in [0.2, 0.25) is 0 Å². The van der Waals surface area contributed by atoms with Gasteiger partial charge in [0.15, 0.2) is 0 Å². The van der Waals surface area contributed by atoms with Crippen LogP contribution in [0.3, 0.4) is 0 Å². The van der Waals surface area contributed by atoms with Crippen LogP contribution in [0.1, 0.15) is 44.5 Å². The Hall–Kier alpha value is -9.74. The Bertz CT molecular complexity index is 4570. The van der Waals surface area contributed by atoms with Crippen LogP contribution in [0.2, 0.25) is 0 Å². The predicted molar refractivity (Wildman–Crippen MR) is 320 cm³/mol. The molecule has 0 N–H and O–H groups in total. The van der Waals surface area contributed by atoms with Gasteiger partial charge in [0, 0.05) is 59.4 Å². The number of ether oxygens (including phenoxy) is 2. The second-order valence-electron chi connectivity index (χ2n) is 20.9. The van der Waals surface area contributed by atoms with Crippen molar-refractivity contribution in [2.45, 2.75) is 10.8 Å². The van der Waals surface area contributed by atoms with Crippen LogP contribution < -0.4 is 14.4 Å². The van der Waals surface area contributed by atoms with Gasteiger partial charge in [0.1, 0.15) is 23.0 Å². The molecule has 4 heteroatoms. The number of benzene rings is 12. The van der Waals surface area contributed by atoms with Crippen LogP contribution in [0.4, 0.5) is 17.1 Å². The topological polar surface area (TPSA) is 21.7 Å². The van der Waals surface area contributed by atoms with Crippen molar-refractivity contribution in [2.24, 2.45) is 0 Å². The fourth-order valence-electron chi connectivity index (χ4n) is 14.2. The smallest absolute Gasteiger partial charge is 0.132 e. The lowest BCUT2D eigenvalue weighted by Gasteiger charge is -2.39. The number of para-hydroxylation sites is 4. The zero-order valence-corrected chi connectivity index (χ0v) is 43.0. The molecule has 0 saturated heterocycles. The summed E-state index contributed by atoms with van der Waals surface area (Å²) < 4.78 is 16.1. The zero-order valence-electron chi connectivity index (χ0n) is 42.2. The first kappa shape index (κ1) is 43.5. The SMILES string of the molecule is c1cc(-c2cccc3c2-c2ccccc2C32c3ccccc3Oc3ccccc32)cc(N(c2ccc(-c3ccc4sc5ccccc5c4c3)cc2)c2cccc3c2-c2ccccc2C32c3ccccc3Oc3ccccc32)c1. The molecule has 12 aromatic carbocycles. The highest BCUT2D eigenvalue weighted by atomic mass is 32.1. The van der Waals surface area contributed by atoms with Crippen molar-refractivity contribution in [1.82, 2.24) is 0 Å². The highest BCUT2D eigenvalue weighted by molar-refractivity contribution is 7.25. The normalized spacial score (nSPS) is 14.1. The van der Waals surface area contributed by atoms with Gasteiger partial charge in [-0.1, -0.05) is 200 Å². The van der Waals surface area contributed by atoms with Crippen LogP contribution in [0.25, 0.3) is 64.7 Å². The summed E-state index contributed by atoms with van der Waals surface area (Å²) in [4.78, 5) is 2.50. The molecule has 0 fully saturated rings. The van der Waals surface area contributed by atoms with E-state index in [-0.39, 0.29) is 0 Å². The van der Waals surface area contributed by atoms with Crippen molar-refractivity contribution in [3.05, 3.63) is 317 Å². The Balaban J connectivity index is 0.892. The van der Waals surface area contributed by atoms with E-state index in [1.807, 2.05) is 11.3 Å². The third-order valence-electron chi connectivity index (χ3n) is 17.2. The number of hydrogen-bond donors (Lipinski definition) is 0. The van der Waals surface area contributed by atoms with Crippen molar-refractivity contribution >= 4 is 48.6 Å². The van der Waals surface area contributed by atoms with E-state index in [2.05, 4.69) is 278 Å². The number of nitrogens with zero attached hydrogens (tertiary/aromatic N) is 1. The molecule has 2 spiro atoms. The minimum absolute atomic E-state index is 0.574. The molecule has 364 valence electrons. The van der Waals surface area contributed by atoms with Gasteiger partial charge in [-0.15, -0.1) is 11.3 Å². The van der Waals surface area contributed by atoms with Crippen molar-refractivity contribution in [2.75, 3.05) is 4.90 Å². The van der Waals surface area contributed by atoms with Crippen LogP contribution in [-0.2, 0) is 10.8 Å². The van der Waals surface area contributed by atoms with E-state index in [0.717, 1.165) is 67.9 Å². The summed E-state index contributed by atoms with van der Waals surface area (Å²) >= 11 is 1.86. The monoisotopic (exact) mass is 1010 g/mol. The number of thiophene rings is 1. The molecule has 13 aromatic rings. The van der Waals surface area contributed by atoms with Gasteiger partial charge in [-0.2, -0.15) is 0 Å². The van der Waals surface area contributed by atoms with Crippen LogP contribution in [0, 0.1) is 0 Å². The summed E-state index contributed by atoms with van der Waals surface area (Å²) in [5, 5.41) is 2.60. The number of fused-ring (bicyclic) bond motifs is 21. The highest BCUT2D eigenvalue weighted by Crippen LogP contribution is 2.66. The second-order valence-corrected chi connectivity index (χ2v) is 22.0. The first-order chi connectivity index (χ1) is 38.7. The molecular weight excluding hydrogens is 967 g/mol. The lowest BCUT2D eigenvalue weighted by Crippen LogP contribution is -2.32. The van der Waals surface area contributed by atoms with Crippen LogP contribution in [0.15, 0.2) is 273 Å². The average molecular weight is 1010 g/mol. The van der Waals surface area contributed by atoms with Gasteiger partial charge in [-0.25, -0.2) is 0 Å². The van der Waals surface area contributed by atoms with Gasteiger partial charge in [0.25, 0.3) is 0 Å². The summed E-state index contributed by atoms with van der Waals surface area (Å²) in [6, 6.07) is 101. The van der Waals surface area contributed by atoms with Crippen LogP contribution >= 0.6 is 11.3 Å². The Morgan fingerprint density at radius 2 is 0.744 bits per heavy atom. The van der Waals surface area contributed by atoms with Crippen molar-refractivity contribution < 1.29 is 9.47 Å². The second kappa shape index (κ2) is 16.4. The third-order valence-corrected chi connectivity index (χ3v) is 18.4. The third kappa shape index (κ3) is 5.82. The van der Waals surface area contributed by atoms with Gasteiger partial charge >= 0.3 is 0 Å². The minimum Gasteiger partial charge on any atom is -0.457 e. The molecule has 17 rings (SSSR count). The van der Waals surface area contributed by atoms with E-state index in [0.29, 0.717) is 0 Å².